The first-order valence-corrected chi connectivity index (χ1v) is 13.3. The average molecular weight is 658 g/mol. The molecule has 0 unspecified atom stereocenters. The van der Waals surface area contributed by atoms with Crippen LogP contribution in [-0.4, -0.2) is 23.2 Å². The molecule has 0 atom stereocenters. The molecule has 1 saturated heterocycles. The molecule has 0 saturated carbocycles. The van der Waals surface area contributed by atoms with Crippen molar-refractivity contribution in [2.24, 2.45) is 0 Å². The second kappa shape index (κ2) is 11.4. The number of halogens is 4. The van der Waals surface area contributed by atoms with Crippen LogP contribution in [0.3, 0.4) is 0 Å². The highest BCUT2D eigenvalue weighted by Gasteiger charge is 2.35. The van der Waals surface area contributed by atoms with E-state index in [0.717, 1.165) is 26.7 Å². The van der Waals surface area contributed by atoms with Crippen LogP contribution in [0.2, 0.25) is 10.0 Å². The third-order valence-electron chi connectivity index (χ3n) is 5.06. The Kier molecular flexibility index (Phi) is 8.50. The molecule has 3 aromatic carbocycles. The molecule has 0 spiro atoms. The molecule has 0 N–H and O–H groups in total. The predicted octanol–water partition coefficient (Wildman–Crippen LogP) is 8.34. The summed E-state index contributed by atoms with van der Waals surface area (Å²) < 4.78 is 13.2. The minimum atomic E-state index is -0.392. The third kappa shape index (κ3) is 6.24. The van der Waals surface area contributed by atoms with E-state index >= 15 is 0 Å². The zero-order valence-corrected chi connectivity index (χ0v) is 23.7. The average Bonchev–Trinajstić information content (AvgIpc) is 3.08. The Morgan fingerprint density at radius 2 is 1.77 bits per heavy atom. The summed E-state index contributed by atoms with van der Waals surface area (Å²) in [7, 11) is 1.54. The summed E-state index contributed by atoms with van der Waals surface area (Å²) in [5.74, 6) is 0.643. The smallest absolute Gasteiger partial charge is 0.293 e. The Balaban J connectivity index is 1.53. The highest BCUT2D eigenvalue weighted by Crippen LogP contribution is 2.40. The Morgan fingerprint density at radius 3 is 2.46 bits per heavy atom. The molecule has 0 aliphatic carbocycles. The fourth-order valence-electron chi connectivity index (χ4n) is 3.31. The molecular formula is C25H17Br2Cl2NO4S. The van der Waals surface area contributed by atoms with Crippen LogP contribution < -0.4 is 9.47 Å². The lowest BCUT2D eigenvalue weighted by molar-refractivity contribution is -0.123. The van der Waals surface area contributed by atoms with E-state index in [-0.39, 0.29) is 11.8 Å². The fraction of sp³-hybridized carbons (Fsp3) is 0.120. The van der Waals surface area contributed by atoms with E-state index in [1.165, 1.54) is 0 Å². The highest BCUT2D eigenvalue weighted by atomic mass is 79.9. The van der Waals surface area contributed by atoms with Gasteiger partial charge in [-0.25, -0.2) is 0 Å². The minimum absolute atomic E-state index is 0.0634. The first kappa shape index (κ1) is 26.1. The van der Waals surface area contributed by atoms with Gasteiger partial charge in [-0.15, -0.1) is 0 Å². The molecule has 0 radical (unpaired) electrons. The zero-order valence-electron chi connectivity index (χ0n) is 18.2. The summed E-state index contributed by atoms with van der Waals surface area (Å²) >= 11 is 20.0. The van der Waals surface area contributed by atoms with Crippen LogP contribution in [0.15, 0.2) is 68.4 Å². The van der Waals surface area contributed by atoms with Crippen LogP contribution in [-0.2, 0) is 17.9 Å². The van der Waals surface area contributed by atoms with Gasteiger partial charge in [-0.2, -0.15) is 0 Å². The second-order valence-corrected chi connectivity index (χ2v) is 11.1. The number of benzene rings is 3. The Morgan fingerprint density at radius 1 is 1.03 bits per heavy atom. The van der Waals surface area contributed by atoms with Crippen LogP contribution in [0.25, 0.3) is 6.08 Å². The van der Waals surface area contributed by atoms with Gasteiger partial charge in [-0.1, -0.05) is 57.3 Å². The monoisotopic (exact) mass is 655 g/mol. The van der Waals surface area contributed by atoms with Gasteiger partial charge in [-0.05, 0) is 86.9 Å². The molecule has 3 aromatic rings. The third-order valence-corrected chi connectivity index (χ3v) is 7.68. The first-order valence-electron chi connectivity index (χ1n) is 10.2. The van der Waals surface area contributed by atoms with E-state index < -0.39 is 5.91 Å². The molecule has 0 bridgehead atoms. The molecule has 1 heterocycles. The van der Waals surface area contributed by atoms with Crippen molar-refractivity contribution in [1.29, 1.82) is 0 Å². The number of methoxy groups -OCH3 is 1. The summed E-state index contributed by atoms with van der Waals surface area (Å²) in [6.07, 6.45) is 1.65. The predicted molar refractivity (Wildman–Crippen MR) is 147 cm³/mol. The number of nitrogens with zero attached hydrogens (tertiary/aromatic N) is 1. The maximum Gasteiger partial charge on any atom is 0.293 e. The van der Waals surface area contributed by atoms with Crippen molar-refractivity contribution in [3.8, 4) is 11.5 Å². The SMILES string of the molecule is COc1cc(/C=C2\SC(=O)N(Cc3ccc(Cl)cc3Cl)C2=O)cc(Br)c1OCc1ccc(Br)cc1. The van der Waals surface area contributed by atoms with Gasteiger partial charge in [0.05, 0.1) is 23.0 Å². The molecule has 10 heteroatoms. The van der Waals surface area contributed by atoms with Gasteiger partial charge < -0.3 is 9.47 Å². The lowest BCUT2D eigenvalue weighted by Crippen LogP contribution is -2.27. The van der Waals surface area contributed by atoms with Crippen molar-refractivity contribution < 1.29 is 19.1 Å². The summed E-state index contributed by atoms with van der Waals surface area (Å²) in [6, 6.07) is 16.3. The van der Waals surface area contributed by atoms with Crippen LogP contribution in [0, 0.1) is 0 Å². The fourth-order valence-corrected chi connectivity index (χ4v) is 5.45. The Labute approximate surface area is 233 Å². The number of thioether (sulfide) groups is 1. The zero-order chi connectivity index (χ0) is 25.1. The molecule has 35 heavy (non-hydrogen) atoms. The molecule has 1 aliphatic rings. The number of amides is 2. The van der Waals surface area contributed by atoms with Gasteiger partial charge in [0, 0.05) is 14.5 Å². The van der Waals surface area contributed by atoms with Crippen molar-refractivity contribution >= 4 is 84.0 Å². The molecule has 5 nitrogen and oxygen atoms in total. The Hall–Kier alpha value is -1.97. The van der Waals surface area contributed by atoms with E-state index in [1.54, 1.807) is 37.5 Å². The van der Waals surface area contributed by atoms with Crippen LogP contribution in [0.5, 0.6) is 11.5 Å². The van der Waals surface area contributed by atoms with Crippen molar-refractivity contribution in [2.45, 2.75) is 13.2 Å². The molecule has 1 aliphatic heterocycles. The van der Waals surface area contributed by atoms with Crippen molar-refractivity contribution in [3.05, 3.63) is 95.2 Å². The van der Waals surface area contributed by atoms with Gasteiger partial charge >= 0.3 is 0 Å². The number of carbonyl (C=O) groups is 2. The molecule has 180 valence electrons. The topological polar surface area (TPSA) is 55.8 Å². The van der Waals surface area contributed by atoms with E-state index in [4.69, 9.17) is 32.7 Å². The summed E-state index contributed by atoms with van der Waals surface area (Å²) in [6.45, 7) is 0.418. The van der Waals surface area contributed by atoms with Gasteiger partial charge in [0.15, 0.2) is 11.5 Å². The van der Waals surface area contributed by atoms with E-state index in [9.17, 15) is 9.59 Å². The minimum Gasteiger partial charge on any atom is -0.493 e. The second-order valence-electron chi connectivity index (χ2n) is 7.45. The normalized spacial score (nSPS) is 14.7. The molecule has 0 aromatic heterocycles. The van der Waals surface area contributed by atoms with Crippen LogP contribution in [0.1, 0.15) is 16.7 Å². The number of hydrogen-bond donors (Lipinski definition) is 0. The largest absolute Gasteiger partial charge is 0.493 e. The maximum absolute atomic E-state index is 13.0. The van der Waals surface area contributed by atoms with E-state index in [0.29, 0.717) is 48.7 Å². The van der Waals surface area contributed by atoms with Crippen LogP contribution >= 0.6 is 66.8 Å². The number of rotatable bonds is 7. The highest BCUT2D eigenvalue weighted by molar-refractivity contribution is 9.10. The summed E-state index contributed by atoms with van der Waals surface area (Å²) in [4.78, 5) is 27.0. The standard InChI is InChI=1S/C25H17Br2Cl2NO4S/c1-33-21-9-15(8-19(27)23(21)34-13-14-2-5-17(26)6-3-14)10-22-24(31)30(25(32)35-22)12-16-4-7-18(28)11-20(16)29/h2-11H,12-13H2,1H3/b22-10-. The first-order chi connectivity index (χ1) is 16.7. The lowest BCUT2D eigenvalue weighted by Gasteiger charge is -2.14. The number of carbonyl (C=O) groups excluding carboxylic acids is 2. The maximum atomic E-state index is 13.0. The van der Waals surface area contributed by atoms with Crippen molar-refractivity contribution in [1.82, 2.24) is 4.90 Å². The van der Waals surface area contributed by atoms with Gasteiger partial charge in [0.2, 0.25) is 0 Å². The summed E-state index contributed by atoms with van der Waals surface area (Å²) in [5, 5.41) is 0.511. The van der Waals surface area contributed by atoms with E-state index in [1.807, 2.05) is 30.3 Å². The van der Waals surface area contributed by atoms with Gasteiger partial charge in [0.1, 0.15) is 6.61 Å². The van der Waals surface area contributed by atoms with Gasteiger partial charge in [-0.3, -0.25) is 14.5 Å². The molecule has 4 rings (SSSR count). The number of imide groups is 1. The molecule has 1 fully saturated rings. The molecule has 2 amide bonds. The van der Waals surface area contributed by atoms with Crippen LogP contribution in [0.4, 0.5) is 4.79 Å². The van der Waals surface area contributed by atoms with E-state index in [2.05, 4.69) is 31.9 Å². The lowest BCUT2D eigenvalue weighted by atomic mass is 10.1. The van der Waals surface area contributed by atoms with Gasteiger partial charge in [0.25, 0.3) is 11.1 Å². The quantitative estimate of drug-likeness (QED) is 0.239. The number of ether oxygens (including phenoxy) is 2. The van der Waals surface area contributed by atoms with Crippen molar-refractivity contribution in [2.75, 3.05) is 7.11 Å². The van der Waals surface area contributed by atoms with Crippen molar-refractivity contribution in [3.63, 3.8) is 0 Å². The Bertz CT molecular complexity index is 1330. The number of hydrogen-bond acceptors (Lipinski definition) is 5. The molecular weight excluding hydrogens is 641 g/mol. The summed E-state index contributed by atoms with van der Waals surface area (Å²) in [5.41, 5.74) is 2.32.